The zero-order valence-electron chi connectivity index (χ0n) is 8.19. The van der Waals surface area contributed by atoms with Crippen molar-refractivity contribution in [1.29, 1.82) is 0 Å². The minimum Gasteiger partial charge on any atom is -0.465 e. The lowest BCUT2D eigenvalue weighted by Crippen LogP contribution is -2.26. The third-order valence-corrected chi connectivity index (χ3v) is 2.57. The molecule has 80 valence electrons. The third kappa shape index (κ3) is 3.64. The van der Waals surface area contributed by atoms with Crippen molar-refractivity contribution in [3.05, 3.63) is 0 Å². The average Bonchev–Trinajstić information content (AvgIpc) is 2.17. The Balaban J connectivity index is 2.22. The number of hydrogen-bond acceptors (Lipinski definition) is 3. The van der Waals surface area contributed by atoms with Crippen LogP contribution in [0.3, 0.4) is 0 Å². The van der Waals surface area contributed by atoms with Gasteiger partial charge in [-0.05, 0) is 31.6 Å². The van der Waals surface area contributed by atoms with Gasteiger partial charge in [0, 0.05) is 6.54 Å². The van der Waals surface area contributed by atoms with E-state index in [1.54, 1.807) is 0 Å². The summed E-state index contributed by atoms with van der Waals surface area (Å²) in [5, 5.41) is 0. The van der Waals surface area contributed by atoms with Crippen molar-refractivity contribution in [2.75, 3.05) is 6.54 Å². The van der Waals surface area contributed by atoms with Gasteiger partial charge >= 0.3 is 0 Å². The molecule has 0 heterocycles. The normalized spacial score (nSPS) is 26.6. The number of nitrogens with zero attached hydrogens (tertiary/aromatic N) is 1. The quantitative estimate of drug-likeness (QED) is 0.378. The van der Waals surface area contributed by atoms with Gasteiger partial charge in [0.2, 0.25) is 0 Å². The largest absolute Gasteiger partial charge is 0.465 e. The summed E-state index contributed by atoms with van der Waals surface area (Å²) in [6, 6.07) is 0. The SMILES string of the molecule is NC(N)=NCC1CCC(OC=O)CC1. The summed E-state index contributed by atoms with van der Waals surface area (Å²) in [6.45, 7) is 1.22. The molecule has 5 nitrogen and oxygen atoms in total. The van der Waals surface area contributed by atoms with Crippen molar-refractivity contribution < 1.29 is 9.53 Å². The highest BCUT2D eigenvalue weighted by atomic mass is 16.5. The van der Waals surface area contributed by atoms with Crippen LogP contribution in [-0.2, 0) is 9.53 Å². The molecule has 0 aromatic heterocycles. The molecule has 1 fully saturated rings. The molecule has 0 bridgehead atoms. The van der Waals surface area contributed by atoms with Crippen LogP contribution in [0.4, 0.5) is 0 Å². The van der Waals surface area contributed by atoms with E-state index in [1.807, 2.05) is 0 Å². The predicted molar refractivity (Wildman–Crippen MR) is 53.6 cm³/mol. The van der Waals surface area contributed by atoms with Gasteiger partial charge in [0.05, 0.1) is 0 Å². The molecular weight excluding hydrogens is 182 g/mol. The molecule has 0 atom stereocenters. The Morgan fingerprint density at radius 2 is 2.00 bits per heavy atom. The summed E-state index contributed by atoms with van der Waals surface area (Å²) in [5.74, 6) is 0.680. The molecule has 0 saturated heterocycles. The summed E-state index contributed by atoms with van der Waals surface area (Å²) in [5.41, 5.74) is 10.5. The Bertz CT molecular complexity index is 206. The average molecular weight is 199 g/mol. The van der Waals surface area contributed by atoms with Gasteiger partial charge in [0.1, 0.15) is 6.10 Å². The van der Waals surface area contributed by atoms with Crippen molar-refractivity contribution in [2.45, 2.75) is 31.8 Å². The van der Waals surface area contributed by atoms with Gasteiger partial charge in [0.15, 0.2) is 5.96 Å². The molecule has 1 rings (SSSR count). The van der Waals surface area contributed by atoms with E-state index in [0.29, 0.717) is 18.9 Å². The first-order chi connectivity index (χ1) is 6.72. The number of rotatable bonds is 4. The molecule has 0 amide bonds. The van der Waals surface area contributed by atoms with Crippen molar-refractivity contribution in [3.63, 3.8) is 0 Å². The van der Waals surface area contributed by atoms with Gasteiger partial charge < -0.3 is 16.2 Å². The minimum absolute atomic E-state index is 0.1000. The fourth-order valence-electron chi connectivity index (χ4n) is 1.76. The van der Waals surface area contributed by atoms with E-state index >= 15 is 0 Å². The fraction of sp³-hybridized carbons (Fsp3) is 0.778. The summed E-state index contributed by atoms with van der Waals surface area (Å²) in [4.78, 5) is 14.1. The Morgan fingerprint density at radius 1 is 1.36 bits per heavy atom. The zero-order valence-corrected chi connectivity index (χ0v) is 8.19. The maximum atomic E-state index is 10.1. The first-order valence-corrected chi connectivity index (χ1v) is 4.87. The maximum absolute atomic E-state index is 10.1. The highest BCUT2D eigenvalue weighted by Gasteiger charge is 2.21. The summed E-state index contributed by atoms with van der Waals surface area (Å²) in [7, 11) is 0. The standard InChI is InChI=1S/C9H17N3O2/c10-9(11)12-5-7-1-3-8(4-2-7)14-6-13/h6-8H,1-5H2,(H4,10,11,12). The number of ether oxygens (including phenoxy) is 1. The van der Waals surface area contributed by atoms with Crippen LogP contribution >= 0.6 is 0 Å². The van der Waals surface area contributed by atoms with E-state index in [2.05, 4.69) is 4.99 Å². The predicted octanol–water partition coefficient (Wildman–Crippen LogP) is -0.00840. The first kappa shape index (κ1) is 10.8. The molecule has 0 aromatic rings. The molecule has 14 heavy (non-hydrogen) atoms. The van der Waals surface area contributed by atoms with E-state index in [1.165, 1.54) is 0 Å². The van der Waals surface area contributed by atoms with Gasteiger partial charge in [-0.3, -0.25) is 9.79 Å². The molecule has 1 saturated carbocycles. The number of carbonyl (C=O) groups excluding carboxylic acids is 1. The van der Waals surface area contributed by atoms with Crippen LogP contribution in [0.1, 0.15) is 25.7 Å². The third-order valence-electron chi connectivity index (χ3n) is 2.57. The molecule has 4 N–H and O–H groups in total. The lowest BCUT2D eigenvalue weighted by molar-refractivity contribution is -0.135. The van der Waals surface area contributed by atoms with Gasteiger partial charge in [-0.15, -0.1) is 0 Å². The van der Waals surface area contributed by atoms with Crippen molar-refractivity contribution in [1.82, 2.24) is 0 Å². The smallest absolute Gasteiger partial charge is 0.293 e. The topological polar surface area (TPSA) is 90.7 Å². The van der Waals surface area contributed by atoms with Crippen LogP contribution in [0.2, 0.25) is 0 Å². The van der Waals surface area contributed by atoms with Crippen molar-refractivity contribution >= 4 is 12.4 Å². The zero-order chi connectivity index (χ0) is 10.4. The number of aliphatic imine (C=N–C) groups is 1. The van der Waals surface area contributed by atoms with Gasteiger partial charge in [-0.1, -0.05) is 0 Å². The Labute approximate surface area is 83.5 Å². The van der Waals surface area contributed by atoms with Gasteiger partial charge in [-0.25, -0.2) is 0 Å². The van der Waals surface area contributed by atoms with E-state index in [0.717, 1.165) is 25.7 Å². The van der Waals surface area contributed by atoms with Crippen LogP contribution in [0, 0.1) is 5.92 Å². The molecular formula is C9H17N3O2. The Hall–Kier alpha value is -1.26. The second kappa shape index (κ2) is 5.47. The van der Waals surface area contributed by atoms with E-state index in [9.17, 15) is 4.79 Å². The molecule has 0 spiro atoms. The van der Waals surface area contributed by atoms with Crippen LogP contribution in [0.25, 0.3) is 0 Å². The summed E-state index contributed by atoms with van der Waals surface area (Å²) in [6.07, 6.45) is 3.99. The lowest BCUT2D eigenvalue weighted by atomic mass is 9.87. The molecule has 0 radical (unpaired) electrons. The first-order valence-electron chi connectivity index (χ1n) is 4.87. The number of guanidine groups is 1. The number of hydrogen-bond donors (Lipinski definition) is 2. The Kier molecular flexibility index (Phi) is 4.22. The van der Waals surface area contributed by atoms with Crippen molar-refractivity contribution in [3.8, 4) is 0 Å². The van der Waals surface area contributed by atoms with Crippen LogP contribution in [0.15, 0.2) is 4.99 Å². The minimum atomic E-state index is 0.1000. The Morgan fingerprint density at radius 3 is 2.50 bits per heavy atom. The van der Waals surface area contributed by atoms with Crippen molar-refractivity contribution in [2.24, 2.45) is 22.4 Å². The highest BCUT2D eigenvalue weighted by molar-refractivity contribution is 5.75. The second-order valence-corrected chi connectivity index (χ2v) is 3.64. The van der Waals surface area contributed by atoms with Crippen LogP contribution < -0.4 is 11.5 Å². The van der Waals surface area contributed by atoms with E-state index < -0.39 is 0 Å². The molecule has 0 aliphatic heterocycles. The molecule has 1 aliphatic carbocycles. The molecule has 0 aromatic carbocycles. The number of carbonyl (C=O) groups is 1. The summed E-state index contributed by atoms with van der Waals surface area (Å²) < 4.78 is 4.89. The monoisotopic (exact) mass is 199 g/mol. The summed E-state index contributed by atoms with van der Waals surface area (Å²) >= 11 is 0. The van der Waals surface area contributed by atoms with E-state index in [-0.39, 0.29) is 12.1 Å². The van der Waals surface area contributed by atoms with Gasteiger partial charge in [-0.2, -0.15) is 0 Å². The van der Waals surface area contributed by atoms with Crippen LogP contribution in [-0.4, -0.2) is 25.1 Å². The lowest BCUT2D eigenvalue weighted by Gasteiger charge is -2.25. The maximum Gasteiger partial charge on any atom is 0.293 e. The van der Waals surface area contributed by atoms with E-state index in [4.69, 9.17) is 16.2 Å². The second-order valence-electron chi connectivity index (χ2n) is 3.64. The van der Waals surface area contributed by atoms with Crippen LogP contribution in [0.5, 0.6) is 0 Å². The fourth-order valence-corrected chi connectivity index (χ4v) is 1.76. The molecule has 5 heteroatoms. The highest BCUT2D eigenvalue weighted by Crippen LogP contribution is 2.25. The molecule has 0 unspecified atom stereocenters. The molecule has 1 aliphatic rings. The number of nitrogens with two attached hydrogens (primary N) is 2. The van der Waals surface area contributed by atoms with Gasteiger partial charge in [0.25, 0.3) is 6.47 Å².